The van der Waals surface area contributed by atoms with Gasteiger partial charge in [0, 0.05) is 18.1 Å². The molecule has 38 heavy (non-hydrogen) atoms. The number of aromatic nitrogens is 2. The van der Waals surface area contributed by atoms with Gasteiger partial charge in [-0.15, -0.1) is 0 Å². The van der Waals surface area contributed by atoms with Crippen molar-refractivity contribution in [3.8, 4) is 0 Å². The molecule has 1 N–H and O–H groups in total. The first kappa shape index (κ1) is 26.9. The van der Waals surface area contributed by atoms with Gasteiger partial charge < -0.3 is 14.5 Å². The number of benzene rings is 1. The van der Waals surface area contributed by atoms with Crippen LogP contribution in [0.15, 0.2) is 34.2 Å². The molecule has 0 amide bonds. The first-order valence-electron chi connectivity index (χ1n) is 14.4. The third kappa shape index (κ3) is 5.80. The Kier molecular flexibility index (Phi) is 7.89. The van der Waals surface area contributed by atoms with Gasteiger partial charge in [-0.05, 0) is 81.9 Å². The molecule has 2 aliphatic heterocycles. The largest absolute Gasteiger partial charge is 0.479 e. The van der Waals surface area contributed by atoms with Crippen LogP contribution in [-0.4, -0.2) is 56.5 Å². The van der Waals surface area contributed by atoms with Crippen molar-refractivity contribution in [3.63, 3.8) is 0 Å². The van der Waals surface area contributed by atoms with Crippen LogP contribution in [0.3, 0.4) is 0 Å². The van der Waals surface area contributed by atoms with Gasteiger partial charge in [-0.2, -0.15) is 0 Å². The topological polar surface area (TPSA) is 97.0 Å². The Morgan fingerprint density at radius 1 is 1.13 bits per heavy atom. The summed E-state index contributed by atoms with van der Waals surface area (Å²) in [7, 11) is 0. The van der Waals surface area contributed by atoms with Crippen molar-refractivity contribution in [1.29, 1.82) is 0 Å². The molecule has 1 unspecified atom stereocenters. The van der Waals surface area contributed by atoms with Gasteiger partial charge >= 0.3 is 5.97 Å². The van der Waals surface area contributed by atoms with Crippen LogP contribution in [0.4, 0.5) is 0 Å². The molecule has 8 nitrogen and oxygen atoms in total. The lowest BCUT2D eigenvalue weighted by atomic mass is 9.71. The van der Waals surface area contributed by atoms with Gasteiger partial charge in [0.1, 0.15) is 5.71 Å². The van der Waals surface area contributed by atoms with Crippen LogP contribution >= 0.6 is 0 Å². The molecule has 5 rings (SSSR count). The Bertz CT molecular complexity index is 1240. The minimum Gasteiger partial charge on any atom is -0.479 e. The van der Waals surface area contributed by atoms with E-state index in [1.165, 1.54) is 57.9 Å². The zero-order valence-corrected chi connectivity index (χ0v) is 23.1. The molecular formula is C30H42N4O4. The molecule has 3 heterocycles. The molecule has 0 spiro atoms. The molecule has 3 fully saturated rings. The van der Waals surface area contributed by atoms with Gasteiger partial charge in [-0.3, -0.25) is 9.69 Å². The maximum Gasteiger partial charge on any atom is 0.344 e. The molecule has 8 heteroatoms. The summed E-state index contributed by atoms with van der Waals surface area (Å²) in [6.45, 7) is 7.12. The lowest BCUT2D eigenvalue weighted by Gasteiger charge is -2.50. The molecule has 1 aromatic carbocycles. The molecular weight excluding hydrogens is 480 g/mol. The van der Waals surface area contributed by atoms with E-state index >= 15 is 0 Å². The van der Waals surface area contributed by atoms with E-state index in [2.05, 4.69) is 28.9 Å². The van der Waals surface area contributed by atoms with Gasteiger partial charge in [-0.25, -0.2) is 9.78 Å². The number of rotatable bonds is 8. The number of nitrogens with zero attached hydrogens (tertiary/aromatic N) is 4. The van der Waals surface area contributed by atoms with E-state index in [0.717, 1.165) is 29.8 Å². The molecule has 3 aliphatic rings. The van der Waals surface area contributed by atoms with Gasteiger partial charge in [0.2, 0.25) is 6.61 Å². The second-order valence-corrected chi connectivity index (χ2v) is 12.5. The molecule has 4 atom stereocenters. The number of aliphatic carboxylic acids is 1. The van der Waals surface area contributed by atoms with Crippen LogP contribution in [0, 0.1) is 11.3 Å². The number of hydrogen-bond donors (Lipinski definition) is 1. The van der Waals surface area contributed by atoms with Crippen molar-refractivity contribution < 1.29 is 14.7 Å². The summed E-state index contributed by atoms with van der Waals surface area (Å²) in [5.41, 5.74) is 2.41. The zero-order chi connectivity index (χ0) is 26.9. The van der Waals surface area contributed by atoms with Crippen LogP contribution in [0.2, 0.25) is 0 Å². The van der Waals surface area contributed by atoms with E-state index in [1.807, 2.05) is 28.8 Å². The average Bonchev–Trinajstić information content (AvgIpc) is 2.86. The Labute approximate surface area is 225 Å². The quantitative estimate of drug-likeness (QED) is 0.369. The molecule has 206 valence electrons. The summed E-state index contributed by atoms with van der Waals surface area (Å²) < 4.78 is 1.94. The fourth-order valence-corrected chi connectivity index (χ4v) is 7.44. The summed E-state index contributed by atoms with van der Waals surface area (Å²) in [5.74, 6) is -0.284. The highest BCUT2D eigenvalue weighted by Gasteiger charge is 2.40. The van der Waals surface area contributed by atoms with Crippen molar-refractivity contribution in [2.45, 2.75) is 103 Å². The number of oxime groups is 1. The fourth-order valence-electron chi connectivity index (χ4n) is 7.44. The van der Waals surface area contributed by atoms with E-state index in [9.17, 15) is 9.59 Å². The van der Waals surface area contributed by atoms with Gasteiger partial charge in [-0.1, -0.05) is 50.4 Å². The number of piperidine rings is 2. The van der Waals surface area contributed by atoms with Crippen molar-refractivity contribution in [2.24, 2.45) is 16.5 Å². The molecule has 2 aromatic rings. The van der Waals surface area contributed by atoms with E-state index in [4.69, 9.17) is 9.94 Å². The summed E-state index contributed by atoms with van der Waals surface area (Å²) in [5, 5.41) is 12.8. The SMILES string of the molecule is C/C(=N\OCC(=O)O)c1nc2ccccc2n(C2C[C@H]3CCC[C@@H](C2)N3CC[C@@H]2CCCC(C)(C)C2)c1=O. The minimum atomic E-state index is -1.11. The second kappa shape index (κ2) is 11.2. The zero-order valence-electron chi connectivity index (χ0n) is 23.1. The first-order chi connectivity index (χ1) is 18.2. The molecule has 1 aliphatic carbocycles. The molecule has 1 aromatic heterocycles. The van der Waals surface area contributed by atoms with Crippen LogP contribution in [0.1, 0.15) is 96.7 Å². The smallest absolute Gasteiger partial charge is 0.344 e. The lowest BCUT2D eigenvalue weighted by molar-refractivity contribution is -0.142. The fraction of sp³-hybridized carbons (Fsp3) is 0.667. The monoisotopic (exact) mass is 522 g/mol. The van der Waals surface area contributed by atoms with E-state index in [0.29, 0.717) is 23.2 Å². The number of carboxylic acids is 1. The number of carbonyl (C=O) groups is 1. The Morgan fingerprint density at radius 3 is 2.58 bits per heavy atom. The molecule has 2 saturated heterocycles. The second-order valence-electron chi connectivity index (χ2n) is 12.5. The van der Waals surface area contributed by atoms with Gasteiger partial charge in [0.15, 0.2) is 5.69 Å². The molecule has 0 radical (unpaired) electrons. The van der Waals surface area contributed by atoms with Crippen molar-refractivity contribution in [2.75, 3.05) is 13.2 Å². The Morgan fingerprint density at radius 2 is 1.87 bits per heavy atom. The third-order valence-corrected chi connectivity index (χ3v) is 9.10. The average molecular weight is 523 g/mol. The van der Waals surface area contributed by atoms with Crippen LogP contribution < -0.4 is 5.56 Å². The minimum absolute atomic E-state index is 0.0991. The highest BCUT2D eigenvalue weighted by Crippen LogP contribution is 2.43. The molecule has 1 saturated carbocycles. The Balaban J connectivity index is 1.39. The van der Waals surface area contributed by atoms with E-state index in [-0.39, 0.29) is 17.3 Å². The predicted molar refractivity (Wildman–Crippen MR) is 149 cm³/mol. The van der Waals surface area contributed by atoms with Crippen molar-refractivity contribution in [3.05, 3.63) is 40.3 Å². The first-order valence-corrected chi connectivity index (χ1v) is 14.4. The summed E-state index contributed by atoms with van der Waals surface area (Å²) in [6, 6.07) is 8.88. The highest BCUT2D eigenvalue weighted by molar-refractivity contribution is 5.97. The number of para-hydroxylation sites is 2. The normalized spacial score (nSPS) is 27.8. The van der Waals surface area contributed by atoms with Crippen molar-refractivity contribution in [1.82, 2.24) is 14.5 Å². The summed E-state index contributed by atoms with van der Waals surface area (Å²) >= 11 is 0. The van der Waals surface area contributed by atoms with Gasteiger partial charge in [0.25, 0.3) is 5.56 Å². The Hall–Kier alpha value is -2.74. The predicted octanol–water partition coefficient (Wildman–Crippen LogP) is 5.39. The standard InChI is InChI=1S/C30H42N4O4/c1-20(32-38-19-27(35)36)28-29(37)34(26-12-5-4-11-25(26)31-28)24-16-22-9-6-10-23(17-24)33(22)15-13-21-8-7-14-30(2,3)18-21/h4-5,11-12,21-24H,6-10,13-19H2,1-3H3,(H,35,36)/b32-20+/t21-,22-,23+,24?/m0/s1. The van der Waals surface area contributed by atoms with Crippen LogP contribution in [0.25, 0.3) is 11.0 Å². The maximum absolute atomic E-state index is 13.8. The molecule has 2 bridgehead atoms. The maximum atomic E-state index is 13.8. The van der Waals surface area contributed by atoms with Crippen LogP contribution in [-0.2, 0) is 9.63 Å². The summed E-state index contributed by atoms with van der Waals surface area (Å²) in [6.07, 6.45) is 12.3. The van der Waals surface area contributed by atoms with Crippen LogP contribution in [0.5, 0.6) is 0 Å². The van der Waals surface area contributed by atoms with E-state index in [1.54, 1.807) is 6.92 Å². The highest BCUT2D eigenvalue weighted by atomic mass is 16.6. The van der Waals surface area contributed by atoms with Crippen molar-refractivity contribution >= 4 is 22.7 Å². The third-order valence-electron chi connectivity index (χ3n) is 9.10. The number of hydrogen-bond acceptors (Lipinski definition) is 6. The summed E-state index contributed by atoms with van der Waals surface area (Å²) in [4.78, 5) is 37.0. The van der Waals surface area contributed by atoms with E-state index < -0.39 is 12.6 Å². The lowest BCUT2D eigenvalue weighted by Crippen LogP contribution is -2.53. The number of carboxylic acid groups (broad SMARTS) is 1. The van der Waals surface area contributed by atoms with Gasteiger partial charge in [0.05, 0.1) is 11.0 Å². The number of fused-ring (bicyclic) bond motifs is 3.